The molecule has 6 heteroatoms. The Morgan fingerprint density at radius 3 is 2.68 bits per heavy atom. The van der Waals surface area contributed by atoms with E-state index < -0.39 is 0 Å². The molecular formula is C25H29ClN4O. The zero-order chi connectivity index (χ0) is 21.6. The topological polar surface area (TPSA) is 48.8 Å². The minimum absolute atomic E-state index is 0.174. The fraction of sp³-hybridized carbons (Fsp3) is 0.400. The number of aromatic nitrogens is 1. The molecule has 1 fully saturated rings. The van der Waals surface area contributed by atoms with Gasteiger partial charge in [-0.15, -0.1) is 0 Å². The minimum Gasteiger partial charge on any atom is -0.353 e. The first-order chi connectivity index (χ1) is 15.1. The van der Waals surface area contributed by atoms with Gasteiger partial charge in [-0.25, -0.2) is 4.98 Å². The second kappa shape index (κ2) is 10.1. The number of hydrogen-bond donors (Lipinski definition) is 0. The summed E-state index contributed by atoms with van der Waals surface area (Å²) in [5, 5.41) is 0.726. The van der Waals surface area contributed by atoms with E-state index in [4.69, 9.17) is 16.6 Å². The molecule has 0 spiro atoms. The predicted octanol–water partition coefficient (Wildman–Crippen LogP) is 4.76. The van der Waals surface area contributed by atoms with Crippen molar-refractivity contribution in [2.45, 2.75) is 38.6 Å². The average Bonchev–Trinajstić information content (AvgIpc) is 3.23. The first kappa shape index (κ1) is 21.6. The van der Waals surface area contributed by atoms with E-state index in [-0.39, 0.29) is 11.9 Å². The second-order valence-electron chi connectivity index (χ2n) is 8.06. The molecule has 5 nitrogen and oxygen atoms in total. The Kier molecular flexibility index (Phi) is 7.03. The maximum absolute atomic E-state index is 12.7. The number of amides is 1. The molecule has 162 valence electrons. The van der Waals surface area contributed by atoms with Gasteiger partial charge in [0.05, 0.1) is 11.8 Å². The molecule has 3 heterocycles. The molecule has 2 aromatic rings. The minimum atomic E-state index is 0.174. The Morgan fingerprint density at radius 1 is 1.13 bits per heavy atom. The molecule has 0 saturated carbocycles. The molecule has 4 rings (SSSR count). The fourth-order valence-electron chi connectivity index (χ4n) is 4.28. The normalized spacial score (nSPS) is 18.7. The van der Waals surface area contributed by atoms with Gasteiger partial charge in [0, 0.05) is 49.4 Å². The van der Waals surface area contributed by atoms with Crippen molar-refractivity contribution in [3.8, 4) is 0 Å². The third kappa shape index (κ3) is 5.34. The number of rotatable bonds is 7. The third-order valence-corrected chi connectivity index (χ3v) is 6.28. The Bertz CT molecular complexity index is 964. The van der Waals surface area contributed by atoms with Crippen LogP contribution in [0, 0.1) is 0 Å². The van der Waals surface area contributed by atoms with Crippen molar-refractivity contribution in [2.24, 2.45) is 4.99 Å². The highest BCUT2D eigenvalue weighted by Gasteiger charge is 2.23. The molecule has 0 aliphatic carbocycles. The molecule has 0 bridgehead atoms. The maximum Gasteiger partial charge on any atom is 0.222 e. The van der Waals surface area contributed by atoms with Crippen molar-refractivity contribution in [3.05, 3.63) is 70.9 Å². The lowest BCUT2D eigenvalue weighted by Crippen LogP contribution is -2.49. The van der Waals surface area contributed by atoms with E-state index in [0.29, 0.717) is 6.42 Å². The summed E-state index contributed by atoms with van der Waals surface area (Å²) in [5.74, 6) is 1.24. The Morgan fingerprint density at radius 2 is 1.97 bits per heavy atom. The Labute approximate surface area is 189 Å². The number of aliphatic imine (C=N–C) groups is 1. The van der Waals surface area contributed by atoms with E-state index in [1.54, 1.807) is 0 Å². The van der Waals surface area contributed by atoms with Gasteiger partial charge in [0.1, 0.15) is 5.82 Å². The average molecular weight is 437 g/mol. The first-order valence-electron chi connectivity index (χ1n) is 11.1. The van der Waals surface area contributed by atoms with Gasteiger partial charge < -0.3 is 9.80 Å². The van der Waals surface area contributed by atoms with E-state index in [2.05, 4.69) is 22.9 Å². The van der Waals surface area contributed by atoms with Gasteiger partial charge in [0.25, 0.3) is 0 Å². The monoisotopic (exact) mass is 436 g/mol. The predicted molar refractivity (Wildman–Crippen MR) is 127 cm³/mol. The van der Waals surface area contributed by atoms with Crippen LogP contribution >= 0.6 is 11.6 Å². The standard InChI is InChI=1S/C25H29ClN4O/c1-2-19-18-23(20-7-5-8-21(26)17-20)28-22(19)9-6-11-25(31)30-15-13-29(14-16-30)24-10-3-4-12-27-24/h3-5,7-8,10,12,17-18,22H,2,6,9,11,13-16H2,1H3. The van der Waals surface area contributed by atoms with Crippen molar-refractivity contribution >= 4 is 29.0 Å². The molecule has 1 atom stereocenters. The summed E-state index contributed by atoms with van der Waals surface area (Å²) in [6.07, 6.45) is 7.32. The van der Waals surface area contributed by atoms with Crippen molar-refractivity contribution in [1.82, 2.24) is 9.88 Å². The van der Waals surface area contributed by atoms with Crippen LogP contribution in [0.5, 0.6) is 0 Å². The van der Waals surface area contributed by atoms with Gasteiger partial charge in [-0.3, -0.25) is 9.79 Å². The molecule has 1 amide bonds. The van der Waals surface area contributed by atoms with E-state index >= 15 is 0 Å². The molecule has 1 unspecified atom stereocenters. The van der Waals surface area contributed by atoms with Crippen LogP contribution in [0.4, 0.5) is 5.82 Å². The van der Waals surface area contributed by atoms with Gasteiger partial charge in [-0.05, 0) is 55.2 Å². The van der Waals surface area contributed by atoms with Gasteiger partial charge in [0.2, 0.25) is 5.91 Å². The lowest BCUT2D eigenvalue weighted by molar-refractivity contribution is -0.131. The number of piperazine rings is 1. The summed E-state index contributed by atoms with van der Waals surface area (Å²) in [5.41, 5.74) is 3.40. The molecule has 2 aliphatic heterocycles. The number of benzene rings is 1. The van der Waals surface area contributed by atoms with Gasteiger partial charge >= 0.3 is 0 Å². The Hall–Kier alpha value is -2.66. The number of halogens is 1. The highest BCUT2D eigenvalue weighted by Crippen LogP contribution is 2.26. The van der Waals surface area contributed by atoms with Crippen LogP contribution in [0.3, 0.4) is 0 Å². The number of allylic oxidation sites excluding steroid dienone is 1. The quantitative estimate of drug-likeness (QED) is 0.628. The number of nitrogens with zero attached hydrogens (tertiary/aromatic N) is 4. The third-order valence-electron chi connectivity index (χ3n) is 6.05. The van der Waals surface area contributed by atoms with Crippen LogP contribution in [0.2, 0.25) is 5.02 Å². The molecule has 2 aliphatic rings. The summed E-state index contributed by atoms with van der Waals surface area (Å²) in [7, 11) is 0. The summed E-state index contributed by atoms with van der Waals surface area (Å²) >= 11 is 6.14. The lowest BCUT2D eigenvalue weighted by atomic mass is 10.00. The Balaban J connectivity index is 1.26. The number of pyridine rings is 1. The van der Waals surface area contributed by atoms with Gasteiger partial charge in [-0.2, -0.15) is 0 Å². The van der Waals surface area contributed by atoms with Crippen molar-refractivity contribution in [3.63, 3.8) is 0 Å². The van der Waals surface area contributed by atoms with Crippen LogP contribution in [-0.4, -0.2) is 53.7 Å². The van der Waals surface area contributed by atoms with Crippen LogP contribution in [-0.2, 0) is 4.79 Å². The highest BCUT2D eigenvalue weighted by atomic mass is 35.5. The molecule has 0 radical (unpaired) electrons. The van der Waals surface area contributed by atoms with Crippen molar-refractivity contribution < 1.29 is 4.79 Å². The molecule has 31 heavy (non-hydrogen) atoms. The SMILES string of the molecule is CCC1=CC(c2cccc(Cl)c2)=NC1CCCC(=O)N1CCN(c2ccccn2)CC1. The van der Waals surface area contributed by atoms with Gasteiger partial charge in [0.15, 0.2) is 0 Å². The van der Waals surface area contributed by atoms with E-state index in [1.165, 1.54) is 5.57 Å². The number of carbonyl (C=O) groups is 1. The molecule has 1 aromatic heterocycles. The second-order valence-corrected chi connectivity index (χ2v) is 8.50. The molecular weight excluding hydrogens is 408 g/mol. The zero-order valence-corrected chi connectivity index (χ0v) is 18.8. The van der Waals surface area contributed by atoms with Crippen LogP contribution in [0.1, 0.15) is 38.2 Å². The van der Waals surface area contributed by atoms with E-state index in [9.17, 15) is 4.79 Å². The highest BCUT2D eigenvalue weighted by molar-refractivity contribution is 6.31. The zero-order valence-electron chi connectivity index (χ0n) is 18.0. The number of hydrogen-bond acceptors (Lipinski definition) is 4. The smallest absolute Gasteiger partial charge is 0.222 e. The van der Waals surface area contributed by atoms with Crippen molar-refractivity contribution in [1.29, 1.82) is 0 Å². The van der Waals surface area contributed by atoms with Gasteiger partial charge in [-0.1, -0.05) is 36.7 Å². The summed E-state index contributed by atoms with van der Waals surface area (Å²) < 4.78 is 0. The molecule has 1 aromatic carbocycles. The molecule has 1 saturated heterocycles. The largest absolute Gasteiger partial charge is 0.353 e. The van der Waals surface area contributed by atoms with E-state index in [1.807, 2.05) is 53.6 Å². The fourth-order valence-corrected chi connectivity index (χ4v) is 4.47. The molecule has 0 N–H and O–H groups in total. The summed E-state index contributed by atoms with van der Waals surface area (Å²) in [6, 6.07) is 14.0. The summed E-state index contributed by atoms with van der Waals surface area (Å²) in [6.45, 7) is 5.36. The first-order valence-corrected chi connectivity index (χ1v) is 11.5. The maximum atomic E-state index is 12.7. The van der Waals surface area contributed by atoms with Crippen LogP contribution in [0.25, 0.3) is 0 Å². The number of anilines is 1. The van der Waals surface area contributed by atoms with Crippen LogP contribution < -0.4 is 4.90 Å². The van der Waals surface area contributed by atoms with Crippen molar-refractivity contribution in [2.75, 3.05) is 31.1 Å². The van der Waals surface area contributed by atoms with Crippen LogP contribution in [0.15, 0.2) is 65.3 Å². The lowest BCUT2D eigenvalue weighted by Gasteiger charge is -2.35. The summed E-state index contributed by atoms with van der Waals surface area (Å²) in [4.78, 5) is 26.3. The van der Waals surface area contributed by atoms with E-state index in [0.717, 1.165) is 67.6 Å². The number of carbonyl (C=O) groups excluding carboxylic acids is 1.